The van der Waals surface area contributed by atoms with Gasteiger partial charge in [-0.2, -0.15) is 5.10 Å². The summed E-state index contributed by atoms with van der Waals surface area (Å²) in [6.07, 6.45) is 4.81. The lowest BCUT2D eigenvalue weighted by Crippen LogP contribution is -2.40. The Balaban J connectivity index is 2.05. The molecule has 0 saturated heterocycles. The average Bonchev–Trinajstić information content (AvgIpc) is 3.01. The van der Waals surface area contributed by atoms with E-state index in [1.807, 2.05) is 24.3 Å². The van der Waals surface area contributed by atoms with Gasteiger partial charge in [-0.25, -0.2) is 4.68 Å². The van der Waals surface area contributed by atoms with Crippen LogP contribution >= 0.6 is 15.9 Å². The van der Waals surface area contributed by atoms with Crippen LogP contribution in [0.5, 0.6) is 0 Å². The second-order valence-electron chi connectivity index (χ2n) is 5.17. The molecule has 0 aliphatic carbocycles. The Bertz CT molecular complexity index is 626. The number of benzene rings is 1. The van der Waals surface area contributed by atoms with Crippen molar-refractivity contribution < 1.29 is 4.79 Å². The molecule has 1 heterocycles. The number of hydrogen-bond donors (Lipinski definition) is 2. The highest BCUT2D eigenvalue weighted by Gasteiger charge is 2.14. The Morgan fingerprint density at radius 2 is 2.27 bits per heavy atom. The van der Waals surface area contributed by atoms with Gasteiger partial charge in [-0.3, -0.25) is 4.79 Å². The van der Waals surface area contributed by atoms with Gasteiger partial charge in [0.1, 0.15) is 0 Å². The van der Waals surface area contributed by atoms with Crippen LogP contribution in [-0.4, -0.2) is 28.3 Å². The lowest BCUT2D eigenvalue weighted by Gasteiger charge is -2.15. The van der Waals surface area contributed by atoms with E-state index in [1.54, 1.807) is 16.9 Å². The number of hydrogen-bond acceptors (Lipinski definition) is 3. The van der Waals surface area contributed by atoms with E-state index in [4.69, 9.17) is 5.73 Å². The molecule has 3 N–H and O–H groups in total. The van der Waals surface area contributed by atoms with Gasteiger partial charge in [0, 0.05) is 23.3 Å². The van der Waals surface area contributed by atoms with Gasteiger partial charge < -0.3 is 11.1 Å². The zero-order chi connectivity index (χ0) is 15.9. The van der Waals surface area contributed by atoms with E-state index in [0.29, 0.717) is 12.2 Å². The smallest absolute Gasteiger partial charge is 0.272 e. The molecule has 2 rings (SSSR count). The predicted molar refractivity (Wildman–Crippen MR) is 91.1 cm³/mol. The first kappa shape index (κ1) is 16.7. The molecule has 1 amide bonds. The molecule has 0 fully saturated rings. The summed E-state index contributed by atoms with van der Waals surface area (Å²) in [7, 11) is 0. The van der Waals surface area contributed by atoms with E-state index in [-0.39, 0.29) is 11.9 Å². The fraction of sp³-hybridized carbons (Fsp3) is 0.375. The Labute approximate surface area is 139 Å². The van der Waals surface area contributed by atoms with Gasteiger partial charge in [0.05, 0.1) is 5.69 Å². The molecule has 1 aromatic carbocycles. The summed E-state index contributed by atoms with van der Waals surface area (Å²) < 4.78 is 2.65. The summed E-state index contributed by atoms with van der Waals surface area (Å²) in [5, 5.41) is 7.28. The summed E-state index contributed by atoms with van der Waals surface area (Å²) in [4.78, 5) is 12.2. The van der Waals surface area contributed by atoms with Gasteiger partial charge >= 0.3 is 0 Å². The summed E-state index contributed by atoms with van der Waals surface area (Å²) in [5.74, 6) is -0.180. The fourth-order valence-electron chi connectivity index (χ4n) is 2.17. The van der Waals surface area contributed by atoms with E-state index in [2.05, 4.69) is 33.3 Å². The zero-order valence-corrected chi connectivity index (χ0v) is 14.2. The highest BCUT2D eigenvalue weighted by atomic mass is 79.9. The van der Waals surface area contributed by atoms with Gasteiger partial charge in [0.2, 0.25) is 0 Å². The number of aromatic nitrogens is 2. The van der Waals surface area contributed by atoms with Crippen molar-refractivity contribution in [1.29, 1.82) is 0 Å². The second-order valence-corrected chi connectivity index (χ2v) is 6.09. The lowest BCUT2D eigenvalue weighted by atomic mass is 10.1. The number of rotatable bonds is 7. The van der Waals surface area contributed by atoms with Crippen LogP contribution in [-0.2, 0) is 0 Å². The van der Waals surface area contributed by atoms with Crippen molar-refractivity contribution in [1.82, 2.24) is 15.1 Å². The minimum atomic E-state index is -0.180. The maximum absolute atomic E-state index is 12.2. The number of unbranched alkanes of at least 4 members (excludes halogenated alkanes) is 1. The zero-order valence-electron chi connectivity index (χ0n) is 12.6. The first-order valence-corrected chi connectivity index (χ1v) is 8.26. The number of nitrogens with zero attached hydrogens (tertiary/aromatic N) is 2. The highest BCUT2D eigenvalue weighted by molar-refractivity contribution is 9.10. The van der Waals surface area contributed by atoms with Gasteiger partial charge in [-0.05, 0) is 30.7 Å². The molecule has 0 spiro atoms. The molecule has 6 heteroatoms. The van der Waals surface area contributed by atoms with Crippen molar-refractivity contribution in [3.8, 4) is 5.69 Å². The maximum atomic E-state index is 12.2. The molecule has 5 nitrogen and oxygen atoms in total. The van der Waals surface area contributed by atoms with Gasteiger partial charge in [-0.15, -0.1) is 0 Å². The van der Waals surface area contributed by atoms with Crippen LogP contribution in [0.25, 0.3) is 5.69 Å². The monoisotopic (exact) mass is 364 g/mol. The van der Waals surface area contributed by atoms with Crippen molar-refractivity contribution in [3.63, 3.8) is 0 Å². The van der Waals surface area contributed by atoms with Crippen LogP contribution in [0.1, 0.15) is 36.7 Å². The van der Waals surface area contributed by atoms with E-state index in [1.165, 1.54) is 0 Å². The first-order valence-electron chi connectivity index (χ1n) is 7.46. The molecule has 2 aromatic rings. The maximum Gasteiger partial charge on any atom is 0.272 e. The summed E-state index contributed by atoms with van der Waals surface area (Å²) in [5.41, 5.74) is 7.00. The Morgan fingerprint density at radius 3 is 2.95 bits per heavy atom. The van der Waals surface area contributed by atoms with Crippen LogP contribution in [0.2, 0.25) is 0 Å². The minimum absolute atomic E-state index is 0.00321. The minimum Gasteiger partial charge on any atom is -0.347 e. The number of nitrogens with two attached hydrogens (primary N) is 1. The number of carbonyl (C=O) groups is 1. The second kappa shape index (κ2) is 8.10. The molecule has 22 heavy (non-hydrogen) atoms. The number of amides is 1. The van der Waals surface area contributed by atoms with E-state index in [0.717, 1.165) is 29.4 Å². The van der Waals surface area contributed by atoms with Crippen molar-refractivity contribution in [2.24, 2.45) is 5.73 Å². The van der Waals surface area contributed by atoms with Gasteiger partial charge in [-0.1, -0.05) is 41.8 Å². The van der Waals surface area contributed by atoms with Crippen molar-refractivity contribution >= 4 is 21.8 Å². The summed E-state index contributed by atoms with van der Waals surface area (Å²) >= 11 is 3.43. The normalized spacial score (nSPS) is 12.1. The standard InChI is InChI=1S/C16H21BrN4O/c1-2-3-6-13(11-18)19-16(22)15-8-9-21(20-15)14-7-4-5-12(17)10-14/h4-5,7-10,13H,2-3,6,11,18H2,1H3,(H,19,22). The predicted octanol–water partition coefficient (Wildman–Crippen LogP) is 2.88. The molecule has 0 radical (unpaired) electrons. The molecule has 0 bridgehead atoms. The van der Waals surface area contributed by atoms with E-state index >= 15 is 0 Å². The van der Waals surface area contributed by atoms with Crippen LogP contribution in [0.15, 0.2) is 41.0 Å². The molecular formula is C16H21BrN4O. The molecule has 1 aromatic heterocycles. The molecule has 0 aliphatic rings. The van der Waals surface area contributed by atoms with Crippen LogP contribution in [0.4, 0.5) is 0 Å². The van der Waals surface area contributed by atoms with E-state index in [9.17, 15) is 4.79 Å². The number of carbonyl (C=O) groups excluding carboxylic acids is 1. The van der Waals surface area contributed by atoms with Gasteiger partial charge in [0.25, 0.3) is 5.91 Å². The summed E-state index contributed by atoms with van der Waals surface area (Å²) in [6, 6.07) is 9.46. The quantitative estimate of drug-likeness (QED) is 0.793. The topological polar surface area (TPSA) is 72.9 Å². The third kappa shape index (κ3) is 4.42. The Morgan fingerprint density at radius 1 is 1.45 bits per heavy atom. The Kier molecular flexibility index (Phi) is 6.15. The third-order valence-corrected chi connectivity index (χ3v) is 3.91. The number of nitrogens with one attached hydrogen (secondary N) is 1. The molecule has 1 unspecified atom stereocenters. The molecule has 118 valence electrons. The highest BCUT2D eigenvalue weighted by Crippen LogP contribution is 2.15. The first-order chi connectivity index (χ1) is 10.6. The average molecular weight is 365 g/mol. The van der Waals surface area contributed by atoms with Crippen molar-refractivity contribution in [2.75, 3.05) is 6.54 Å². The fourth-order valence-corrected chi connectivity index (χ4v) is 2.55. The van der Waals surface area contributed by atoms with Gasteiger partial charge in [0.15, 0.2) is 5.69 Å². The summed E-state index contributed by atoms with van der Waals surface area (Å²) in [6.45, 7) is 2.56. The van der Waals surface area contributed by atoms with E-state index < -0.39 is 0 Å². The van der Waals surface area contributed by atoms with Crippen molar-refractivity contribution in [2.45, 2.75) is 32.2 Å². The van der Waals surface area contributed by atoms with Crippen molar-refractivity contribution in [3.05, 3.63) is 46.7 Å². The largest absolute Gasteiger partial charge is 0.347 e. The molecular weight excluding hydrogens is 344 g/mol. The Hall–Kier alpha value is -1.66. The molecule has 0 aliphatic heterocycles. The lowest BCUT2D eigenvalue weighted by molar-refractivity contribution is 0.0930. The molecule has 1 atom stereocenters. The SMILES string of the molecule is CCCCC(CN)NC(=O)c1ccn(-c2cccc(Br)c2)n1. The van der Waals surface area contributed by atoms with Crippen LogP contribution in [0.3, 0.4) is 0 Å². The van der Waals surface area contributed by atoms with Crippen LogP contribution in [0, 0.1) is 0 Å². The number of halogens is 1. The third-order valence-electron chi connectivity index (χ3n) is 3.42. The van der Waals surface area contributed by atoms with Crippen LogP contribution < -0.4 is 11.1 Å². The molecule has 0 saturated carbocycles.